The molecule has 2 heterocycles. The minimum atomic E-state index is -0.134. The lowest BCUT2D eigenvalue weighted by Crippen LogP contribution is -2.42. The molecule has 1 fully saturated rings. The Hall–Kier alpha value is -2.89. The van der Waals surface area contributed by atoms with Gasteiger partial charge in [0.15, 0.2) is 6.10 Å². The Balaban J connectivity index is 1.44. The number of benzene rings is 1. The fourth-order valence-corrected chi connectivity index (χ4v) is 3.61. The van der Waals surface area contributed by atoms with E-state index in [0.717, 1.165) is 41.9 Å². The largest absolute Gasteiger partial charge is 0.497 e. The molecule has 1 aliphatic heterocycles. The van der Waals surface area contributed by atoms with Crippen molar-refractivity contribution in [1.82, 2.24) is 9.88 Å². The Morgan fingerprint density at radius 2 is 2.18 bits per heavy atom. The van der Waals surface area contributed by atoms with Crippen LogP contribution >= 0.6 is 0 Å². The van der Waals surface area contributed by atoms with Crippen LogP contribution in [0.25, 0.3) is 0 Å². The molecule has 1 saturated carbocycles. The number of carbonyl (C=O) groups excluding carboxylic acids is 1. The van der Waals surface area contributed by atoms with Crippen LogP contribution in [0.1, 0.15) is 36.8 Å². The zero-order valence-corrected chi connectivity index (χ0v) is 16.1. The highest BCUT2D eigenvalue weighted by Gasteiger charge is 2.33. The van der Waals surface area contributed by atoms with Gasteiger partial charge in [0.05, 0.1) is 19.4 Å². The molecule has 6 nitrogen and oxygen atoms in total. The van der Waals surface area contributed by atoms with Gasteiger partial charge in [-0.1, -0.05) is 23.7 Å². The maximum absolute atomic E-state index is 13.0. The Bertz CT molecular complexity index is 849. The number of hydrogen-bond donors (Lipinski definition) is 0. The van der Waals surface area contributed by atoms with Crippen molar-refractivity contribution in [1.29, 1.82) is 0 Å². The van der Waals surface area contributed by atoms with Gasteiger partial charge >= 0.3 is 0 Å². The van der Waals surface area contributed by atoms with Crippen molar-refractivity contribution >= 4 is 11.6 Å². The first-order chi connectivity index (χ1) is 13.7. The highest BCUT2D eigenvalue weighted by molar-refractivity contribution is 6.01. The number of aromatic nitrogens is 1. The maximum atomic E-state index is 13.0. The molecule has 1 amide bonds. The molecule has 1 aliphatic carbocycles. The van der Waals surface area contributed by atoms with E-state index in [-0.39, 0.29) is 17.9 Å². The highest BCUT2D eigenvalue weighted by atomic mass is 16.6. The van der Waals surface area contributed by atoms with Crippen LogP contribution in [0.4, 0.5) is 0 Å². The van der Waals surface area contributed by atoms with E-state index in [2.05, 4.69) is 10.1 Å². The van der Waals surface area contributed by atoms with Crippen molar-refractivity contribution in [3.63, 3.8) is 0 Å². The van der Waals surface area contributed by atoms with Gasteiger partial charge in [0.25, 0.3) is 0 Å². The zero-order chi connectivity index (χ0) is 19.3. The summed E-state index contributed by atoms with van der Waals surface area (Å²) in [6.07, 6.45) is 7.18. The van der Waals surface area contributed by atoms with Crippen molar-refractivity contribution in [3.8, 4) is 5.75 Å². The third kappa shape index (κ3) is 4.16. The SMILES string of the molecule is COc1cccc(CN(CC2CC(c3cccnc3)=NO2)C(=O)C2CCC2)c1. The topological polar surface area (TPSA) is 64.0 Å². The monoisotopic (exact) mass is 379 g/mol. The number of carbonyl (C=O) groups is 1. The van der Waals surface area contributed by atoms with E-state index in [1.807, 2.05) is 41.3 Å². The Labute approximate surface area is 165 Å². The Kier molecular flexibility index (Phi) is 5.55. The molecule has 0 spiro atoms. The summed E-state index contributed by atoms with van der Waals surface area (Å²) in [6.45, 7) is 1.08. The normalized spacial score (nSPS) is 18.8. The van der Waals surface area contributed by atoms with Crippen molar-refractivity contribution in [2.75, 3.05) is 13.7 Å². The standard InChI is InChI=1S/C22H25N3O3/c1-27-19-9-2-5-16(11-19)14-25(22(26)17-6-3-7-17)15-20-12-21(24-28-20)18-8-4-10-23-13-18/h2,4-5,8-11,13,17,20H,3,6-7,12,14-15H2,1H3. The van der Waals surface area contributed by atoms with Gasteiger partial charge in [0.1, 0.15) is 5.75 Å². The molecule has 1 aromatic carbocycles. The van der Waals surface area contributed by atoms with Crippen LogP contribution in [0.3, 0.4) is 0 Å². The zero-order valence-electron chi connectivity index (χ0n) is 16.1. The van der Waals surface area contributed by atoms with Gasteiger partial charge in [-0.05, 0) is 42.7 Å². The van der Waals surface area contributed by atoms with Gasteiger partial charge < -0.3 is 14.5 Å². The molecule has 146 valence electrons. The van der Waals surface area contributed by atoms with Crippen molar-refractivity contribution < 1.29 is 14.4 Å². The fourth-order valence-electron chi connectivity index (χ4n) is 3.61. The van der Waals surface area contributed by atoms with Crippen LogP contribution < -0.4 is 4.74 Å². The quantitative estimate of drug-likeness (QED) is 0.740. The second-order valence-electron chi connectivity index (χ2n) is 7.41. The first-order valence-electron chi connectivity index (χ1n) is 9.77. The predicted octanol–water partition coefficient (Wildman–Crippen LogP) is 3.41. The van der Waals surface area contributed by atoms with Gasteiger partial charge in [-0.25, -0.2) is 0 Å². The number of hydrogen-bond acceptors (Lipinski definition) is 5. The lowest BCUT2D eigenvalue weighted by atomic mass is 9.84. The van der Waals surface area contributed by atoms with Crippen LogP contribution in [0.15, 0.2) is 53.9 Å². The smallest absolute Gasteiger partial charge is 0.226 e. The molecule has 0 N–H and O–H groups in total. The lowest BCUT2D eigenvalue weighted by molar-refractivity contribution is -0.140. The molecule has 2 aliphatic rings. The van der Waals surface area contributed by atoms with Crippen molar-refractivity contribution in [2.24, 2.45) is 11.1 Å². The molecule has 1 atom stereocenters. The molecular formula is C22H25N3O3. The van der Waals surface area contributed by atoms with Crippen LogP contribution in [-0.2, 0) is 16.2 Å². The predicted molar refractivity (Wildman–Crippen MR) is 106 cm³/mol. The molecule has 6 heteroatoms. The van der Waals surface area contributed by atoms with E-state index >= 15 is 0 Å². The van der Waals surface area contributed by atoms with Gasteiger partial charge in [-0.15, -0.1) is 0 Å². The summed E-state index contributed by atoms with van der Waals surface area (Å²) in [4.78, 5) is 24.7. The Morgan fingerprint density at radius 1 is 1.29 bits per heavy atom. The summed E-state index contributed by atoms with van der Waals surface area (Å²) in [5, 5.41) is 4.23. The van der Waals surface area contributed by atoms with Gasteiger partial charge in [-0.3, -0.25) is 9.78 Å². The van der Waals surface area contributed by atoms with Crippen molar-refractivity contribution in [3.05, 3.63) is 59.9 Å². The number of rotatable bonds is 7. The van der Waals surface area contributed by atoms with E-state index < -0.39 is 0 Å². The molecular weight excluding hydrogens is 354 g/mol. The van der Waals surface area contributed by atoms with Gasteiger partial charge in [-0.2, -0.15) is 0 Å². The van der Waals surface area contributed by atoms with Gasteiger partial charge in [0.2, 0.25) is 5.91 Å². The minimum absolute atomic E-state index is 0.134. The van der Waals surface area contributed by atoms with E-state index in [9.17, 15) is 4.79 Å². The average Bonchev–Trinajstić information content (AvgIpc) is 3.15. The van der Waals surface area contributed by atoms with Crippen LogP contribution in [0.2, 0.25) is 0 Å². The van der Waals surface area contributed by atoms with E-state index in [0.29, 0.717) is 19.5 Å². The number of oxime groups is 1. The number of nitrogens with zero attached hydrogens (tertiary/aromatic N) is 3. The first kappa shape index (κ1) is 18.5. The van der Waals surface area contributed by atoms with E-state index in [1.54, 1.807) is 19.5 Å². The summed E-state index contributed by atoms with van der Waals surface area (Å²) in [7, 11) is 1.65. The second kappa shape index (κ2) is 8.42. The molecule has 0 saturated heterocycles. The third-order valence-electron chi connectivity index (χ3n) is 5.43. The second-order valence-corrected chi connectivity index (χ2v) is 7.41. The number of ether oxygens (including phenoxy) is 1. The Morgan fingerprint density at radius 3 is 2.89 bits per heavy atom. The number of pyridine rings is 1. The minimum Gasteiger partial charge on any atom is -0.497 e. The summed E-state index contributed by atoms with van der Waals surface area (Å²) in [5.74, 6) is 1.16. The molecule has 1 unspecified atom stereocenters. The highest BCUT2D eigenvalue weighted by Crippen LogP contribution is 2.30. The molecule has 28 heavy (non-hydrogen) atoms. The fraction of sp³-hybridized carbons (Fsp3) is 0.409. The molecule has 2 aromatic rings. The van der Waals surface area contributed by atoms with E-state index in [1.165, 1.54) is 0 Å². The molecule has 0 bridgehead atoms. The van der Waals surface area contributed by atoms with Crippen LogP contribution in [-0.4, -0.2) is 41.3 Å². The van der Waals surface area contributed by atoms with Crippen LogP contribution in [0, 0.1) is 5.92 Å². The first-order valence-corrected chi connectivity index (χ1v) is 9.77. The summed E-state index contributed by atoms with van der Waals surface area (Å²) in [6, 6.07) is 11.7. The average molecular weight is 379 g/mol. The summed E-state index contributed by atoms with van der Waals surface area (Å²) in [5.41, 5.74) is 2.91. The lowest BCUT2D eigenvalue weighted by Gasteiger charge is -2.32. The maximum Gasteiger partial charge on any atom is 0.226 e. The number of amides is 1. The summed E-state index contributed by atoms with van der Waals surface area (Å²) >= 11 is 0. The third-order valence-corrected chi connectivity index (χ3v) is 5.43. The molecule has 1 aromatic heterocycles. The number of methoxy groups -OCH3 is 1. The van der Waals surface area contributed by atoms with Crippen molar-refractivity contribution in [2.45, 2.75) is 38.3 Å². The van der Waals surface area contributed by atoms with Gasteiger partial charge in [0, 0.05) is 36.8 Å². The molecule has 4 rings (SSSR count). The van der Waals surface area contributed by atoms with E-state index in [4.69, 9.17) is 9.57 Å². The summed E-state index contributed by atoms with van der Waals surface area (Å²) < 4.78 is 5.32. The molecule has 0 radical (unpaired) electrons. The van der Waals surface area contributed by atoms with Crippen LogP contribution in [0.5, 0.6) is 5.75 Å².